The summed E-state index contributed by atoms with van der Waals surface area (Å²) in [5.41, 5.74) is 5.08. The highest BCUT2D eigenvalue weighted by molar-refractivity contribution is 5.97. The molecule has 3 aromatic rings. The van der Waals surface area contributed by atoms with Gasteiger partial charge in [0.1, 0.15) is 5.82 Å². The number of carbonyl (C=O) groups is 1. The van der Waals surface area contributed by atoms with Crippen LogP contribution in [-0.2, 0) is 17.7 Å². The van der Waals surface area contributed by atoms with Crippen LogP contribution in [0.25, 0.3) is 11.0 Å². The third kappa shape index (κ3) is 4.07. The van der Waals surface area contributed by atoms with Crippen LogP contribution < -0.4 is 0 Å². The molecule has 0 radical (unpaired) electrons. The largest absolute Gasteiger partial charge is 0.378 e. The summed E-state index contributed by atoms with van der Waals surface area (Å²) in [6, 6.07) is 10.3. The molecule has 0 saturated carbocycles. The van der Waals surface area contributed by atoms with Crippen LogP contribution in [0.15, 0.2) is 36.5 Å². The van der Waals surface area contributed by atoms with E-state index in [4.69, 9.17) is 14.7 Å². The number of ether oxygens (including phenoxy) is 1. The number of aromatic nitrogens is 3. The van der Waals surface area contributed by atoms with E-state index < -0.39 is 0 Å². The molecule has 2 aromatic heterocycles. The summed E-state index contributed by atoms with van der Waals surface area (Å²) in [5, 5.41) is 0. The van der Waals surface area contributed by atoms with Gasteiger partial charge in [0.15, 0.2) is 0 Å². The fourth-order valence-corrected chi connectivity index (χ4v) is 4.79. The zero-order valence-electron chi connectivity index (χ0n) is 18.0. The molecule has 7 nitrogen and oxygen atoms in total. The van der Waals surface area contributed by atoms with E-state index in [1.165, 1.54) is 17.7 Å². The van der Waals surface area contributed by atoms with Crippen LogP contribution >= 0.6 is 0 Å². The Kier molecular flexibility index (Phi) is 5.70. The van der Waals surface area contributed by atoms with Gasteiger partial charge in [-0.05, 0) is 55.6 Å². The van der Waals surface area contributed by atoms with Crippen LogP contribution in [-0.4, -0.2) is 63.5 Å². The van der Waals surface area contributed by atoms with Crippen LogP contribution in [0, 0.1) is 0 Å². The van der Waals surface area contributed by atoms with Crippen molar-refractivity contribution in [3.8, 4) is 0 Å². The maximum Gasteiger partial charge on any atom is 0.254 e. The summed E-state index contributed by atoms with van der Waals surface area (Å²) >= 11 is 0. The van der Waals surface area contributed by atoms with Gasteiger partial charge < -0.3 is 14.6 Å². The quantitative estimate of drug-likeness (QED) is 0.687. The molecule has 162 valence electrons. The lowest BCUT2D eigenvalue weighted by Gasteiger charge is -2.33. The molecule has 1 N–H and O–H groups in total. The second-order valence-corrected chi connectivity index (χ2v) is 8.34. The van der Waals surface area contributed by atoms with Gasteiger partial charge in [0.25, 0.3) is 5.91 Å². The summed E-state index contributed by atoms with van der Waals surface area (Å²) < 4.78 is 5.36. The maximum absolute atomic E-state index is 12.8. The summed E-state index contributed by atoms with van der Waals surface area (Å²) in [6.45, 7) is 6.36. The minimum absolute atomic E-state index is 0.0569. The fourth-order valence-electron chi connectivity index (χ4n) is 4.79. The predicted molar refractivity (Wildman–Crippen MR) is 119 cm³/mol. The van der Waals surface area contributed by atoms with Gasteiger partial charge in [-0.2, -0.15) is 0 Å². The Balaban J connectivity index is 1.36. The second kappa shape index (κ2) is 8.77. The lowest BCUT2D eigenvalue weighted by Crippen LogP contribution is -2.40. The second-order valence-electron chi connectivity index (χ2n) is 8.34. The summed E-state index contributed by atoms with van der Waals surface area (Å²) in [7, 11) is 0. The van der Waals surface area contributed by atoms with Crippen molar-refractivity contribution in [2.75, 3.05) is 32.8 Å². The molecular formula is C24H29N5O2. The number of H-pyrrole nitrogens is 1. The number of hydrogen-bond acceptors (Lipinski definition) is 5. The average Bonchev–Trinajstić information content (AvgIpc) is 3.24. The monoisotopic (exact) mass is 419 g/mol. The van der Waals surface area contributed by atoms with Gasteiger partial charge in [0.05, 0.1) is 42.5 Å². The summed E-state index contributed by atoms with van der Waals surface area (Å²) in [5.74, 6) is 0.984. The van der Waals surface area contributed by atoms with Gasteiger partial charge in [-0.3, -0.25) is 14.7 Å². The third-order valence-corrected chi connectivity index (χ3v) is 6.44. The molecule has 2 aliphatic rings. The summed E-state index contributed by atoms with van der Waals surface area (Å²) in [4.78, 5) is 30.1. The molecule has 0 spiro atoms. The zero-order chi connectivity index (χ0) is 21.2. The smallest absolute Gasteiger partial charge is 0.254 e. The van der Waals surface area contributed by atoms with E-state index >= 15 is 0 Å². The number of imidazole rings is 1. The van der Waals surface area contributed by atoms with Crippen molar-refractivity contribution >= 4 is 16.9 Å². The Labute approximate surface area is 182 Å². The minimum Gasteiger partial charge on any atom is -0.378 e. The Morgan fingerprint density at radius 2 is 2.16 bits per heavy atom. The number of aromatic amines is 1. The lowest BCUT2D eigenvalue weighted by molar-refractivity contribution is 0.0303. The first-order valence-electron chi connectivity index (χ1n) is 11.3. The van der Waals surface area contributed by atoms with Gasteiger partial charge in [0.2, 0.25) is 0 Å². The highest BCUT2D eigenvalue weighted by Gasteiger charge is 2.27. The van der Waals surface area contributed by atoms with Gasteiger partial charge in [-0.15, -0.1) is 0 Å². The van der Waals surface area contributed by atoms with Crippen molar-refractivity contribution < 1.29 is 9.53 Å². The fraction of sp³-hybridized carbons (Fsp3) is 0.458. The van der Waals surface area contributed by atoms with Crippen molar-refractivity contribution in [2.24, 2.45) is 0 Å². The van der Waals surface area contributed by atoms with Gasteiger partial charge in [0, 0.05) is 24.8 Å². The number of aryl methyl sites for hydroxylation is 1. The number of nitrogens with one attached hydrogen (secondary N) is 1. The van der Waals surface area contributed by atoms with Gasteiger partial charge >= 0.3 is 0 Å². The molecule has 0 bridgehead atoms. The first kappa shape index (κ1) is 20.2. The molecule has 31 heavy (non-hydrogen) atoms. The van der Waals surface area contributed by atoms with E-state index in [0.29, 0.717) is 37.9 Å². The number of amides is 1. The normalized spacial score (nSPS) is 19.0. The molecule has 1 unspecified atom stereocenters. The molecular weight excluding hydrogens is 390 g/mol. The molecule has 1 saturated heterocycles. The molecule has 1 atom stereocenters. The van der Waals surface area contributed by atoms with E-state index in [1.807, 2.05) is 35.4 Å². The van der Waals surface area contributed by atoms with E-state index in [2.05, 4.69) is 22.9 Å². The van der Waals surface area contributed by atoms with E-state index in [-0.39, 0.29) is 5.91 Å². The van der Waals surface area contributed by atoms with E-state index in [9.17, 15) is 4.79 Å². The highest BCUT2D eigenvalue weighted by Crippen LogP contribution is 2.33. The predicted octanol–water partition coefficient (Wildman–Crippen LogP) is 3.33. The number of nitrogens with zero attached hydrogens (tertiary/aromatic N) is 4. The Morgan fingerprint density at radius 1 is 1.29 bits per heavy atom. The summed E-state index contributed by atoms with van der Waals surface area (Å²) in [6.07, 6.45) is 5.32. The van der Waals surface area contributed by atoms with Crippen molar-refractivity contribution in [3.63, 3.8) is 0 Å². The minimum atomic E-state index is 0.0569. The molecule has 1 aliphatic heterocycles. The molecule has 7 heteroatoms. The van der Waals surface area contributed by atoms with Gasteiger partial charge in [-0.25, -0.2) is 4.98 Å². The molecule has 1 aromatic carbocycles. The Bertz CT molecular complexity index is 1070. The van der Waals surface area contributed by atoms with Crippen molar-refractivity contribution in [2.45, 2.75) is 38.8 Å². The standard InChI is InChI=1S/C24H29N5O2/c1-2-28(21-7-3-5-17-6-4-10-25-23(17)21)16-22-26-19-9-8-18(15-20(19)27-22)24(30)29-11-13-31-14-12-29/h4,6,8-10,15,21H,2-3,5,7,11-14,16H2,1H3,(H,26,27). The number of morpholine rings is 1. The van der Waals surface area contributed by atoms with Crippen molar-refractivity contribution in [1.29, 1.82) is 0 Å². The number of hydrogen-bond donors (Lipinski definition) is 1. The van der Waals surface area contributed by atoms with E-state index in [0.717, 1.165) is 42.8 Å². The first-order chi connectivity index (χ1) is 15.2. The number of rotatable bonds is 5. The van der Waals surface area contributed by atoms with Crippen LogP contribution in [0.4, 0.5) is 0 Å². The molecule has 1 fully saturated rings. The number of pyridine rings is 1. The SMILES string of the molecule is CCN(Cc1nc2ccc(C(=O)N3CCOCC3)cc2[nH]1)C1CCCc2cccnc21. The van der Waals surface area contributed by atoms with Gasteiger partial charge in [-0.1, -0.05) is 13.0 Å². The van der Waals surface area contributed by atoms with E-state index in [1.54, 1.807) is 0 Å². The zero-order valence-corrected chi connectivity index (χ0v) is 18.0. The number of fused-ring (bicyclic) bond motifs is 2. The van der Waals surface area contributed by atoms with Crippen LogP contribution in [0.3, 0.4) is 0 Å². The van der Waals surface area contributed by atoms with Crippen molar-refractivity contribution in [3.05, 3.63) is 59.2 Å². The van der Waals surface area contributed by atoms with Crippen LogP contribution in [0.2, 0.25) is 0 Å². The Morgan fingerprint density at radius 3 is 3.00 bits per heavy atom. The maximum atomic E-state index is 12.8. The first-order valence-corrected chi connectivity index (χ1v) is 11.3. The Hall–Kier alpha value is -2.77. The van der Waals surface area contributed by atoms with Crippen molar-refractivity contribution in [1.82, 2.24) is 24.8 Å². The number of benzene rings is 1. The molecule has 1 aliphatic carbocycles. The molecule has 5 rings (SSSR count). The topological polar surface area (TPSA) is 74.3 Å². The molecule has 3 heterocycles. The lowest BCUT2D eigenvalue weighted by atomic mass is 9.91. The van der Waals surface area contributed by atoms with Crippen LogP contribution in [0.5, 0.6) is 0 Å². The average molecular weight is 420 g/mol. The molecule has 1 amide bonds. The number of carbonyl (C=O) groups excluding carboxylic acids is 1. The third-order valence-electron chi connectivity index (χ3n) is 6.44. The highest BCUT2D eigenvalue weighted by atomic mass is 16.5. The van der Waals surface area contributed by atoms with Crippen LogP contribution in [0.1, 0.15) is 53.2 Å².